The Bertz CT molecular complexity index is 830. The molecule has 0 radical (unpaired) electrons. The molecule has 6 nitrogen and oxygen atoms in total. The van der Waals surface area contributed by atoms with Gasteiger partial charge in [0.2, 0.25) is 0 Å². The summed E-state index contributed by atoms with van der Waals surface area (Å²) in [6.45, 7) is 0.466. The van der Waals surface area contributed by atoms with Crippen LogP contribution in [0.2, 0.25) is 0 Å². The molecule has 2 heterocycles. The van der Waals surface area contributed by atoms with Gasteiger partial charge in [0.1, 0.15) is 12.4 Å². The van der Waals surface area contributed by atoms with Crippen molar-refractivity contribution in [3.63, 3.8) is 0 Å². The highest BCUT2D eigenvalue weighted by atomic mass is 16.5. The van der Waals surface area contributed by atoms with Crippen molar-refractivity contribution in [1.82, 2.24) is 15.2 Å². The van der Waals surface area contributed by atoms with E-state index in [9.17, 15) is 4.79 Å². The Morgan fingerprint density at radius 1 is 1.12 bits per heavy atom. The number of benzene rings is 1. The van der Waals surface area contributed by atoms with Crippen LogP contribution in [0.25, 0.3) is 11.4 Å². The van der Waals surface area contributed by atoms with Crippen LogP contribution >= 0.6 is 0 Å². The number of unbranched alkanes of at least 4 members (excludes halogenated alkanes) is 1. The van der Waals surface area contributed by atoms with Gasteiger partial charge in [0.05, 0.1) is 17.6 Å². The first kappa shape index (κ1) is 17.7. The van der Waals surface area contributed by atoms with Gasteiger partial charge in [-0.3, -0.25) is 14.9 Å². The van der Waals surface area contributed by atoms with Crippen LogP contribution in [0.4, 0.5) is 0 Å². The predicted molar refractivity (Wildman–Crippen MR) is 97.8 cm³/mol. The molecule has 0 atom stereocenters. The molecule has 3 aromatic rings. The average molecular weight is 351 g/mol. The van der Waals surface area contributed by atoms with Gasteiger partial charge in [-0.15, -0.1) is 0 Å². The van der Waals surface area contributed by atoms with E-state index in [1.54, 1.807) is 12.4 Å². The highest BCUT2D eigenvalue weighted by molar-refractivity contribution is 5.66. The Labute approximate surface area is 151 Å². The molecule has 0 saturated heterocycles. The lowest BCUT2D eigenvalue weighted by atomic mass is 10.0. The molecule has 0 saturated carbocycles. The molecule has 0 spiro atoms. The first-order chi connectivity index (χ1) is 12.7. The number of aromatic nitrogens is 3. The van der Waals surface area contributed by atoms with E-state index in [1.165, 1.54) is 5.56 Å². The lowest BCUT2D eigenvalue weighted by molar-refractivity contribution is -0.137. The number of aryl methyl sites for hydroxylation is 1. The number of hydrogen-bond acceptors (Lipinski definition) is 4. The van der Waals surface area contributed by atoms with Gasteiger partial charge in [-0.25, -0.2) is 0 Å². The maximum Gasteiger partial charge on any atom is 0.303 e. The number of ether oxygens (including phenoxy) is 1. The molecule has 2 aromatic heterocycles. The minimum atomic E-state index is -0.737. The fourth-order valence-corrected chi connectivity index (χ4v) is 2.67. The number of carbonyl (C=O) groups is 1. The van der Waals surface area contributed by atoms with Crippen LogP contribution in [0, 0.1) is 0 Å². The Balaban J connectivity index is 1.51. The number of hydrogen-bond donors (Lipinski definition) is 2. The highest BCUT2D eigenvalue weighted by Crippen LogP contribution is 2.18. The van der Waals surface area contributed by atoms with Crippen LogP contribution in [0.5, 0.6) is 5.75 Å². The van der Waals surface area contributed by atoms with Crippen molar-refractivity contribution in [1.29, 1.82) is 0 Å². The molecule has 2 N–H and O–H groups in total. The second-order valence-corrected chi connectivity index (χ2v) is 6.06. The molecule has 1 aromatic carbocycles. The Morgan fingerprint density at radius 3 is 2.73 bits per heavy atom. The molecule has 26 heavy (non-hydrogen) atoms. The molecule has 0 aliphatic rings. The normalized spacial score (nSPS) is 10.6. The zero-order chi connectivity index (χ0) is 18.2. The van der Waals surface area contributed by atoms with Gasteiger partial charge in [0, 0.05) is 12.6 Å². The second-order valence-electron chi connectivity index (χ2n) is 6.06. The van der Waals surface area contributed by atoms with Crippen LogP contribution in [-0.2, 0) is 17.8 Å². The molecule has 0 unspecified atom stereocenters. The number of aliphatic carboxylic acids is 1. The van der Waals surface area contributed by atoms with Crippen LogP contribution in [0.3, 0.4) is 0 Å². The fraction of sp³-hybridized carbons (Fsp3) is 0.250. The summed E-state index contributed by atoms with van der Waals surface area (Å²) in [6.07, 6.45) is 6.06. The molecule has 0 aliphatic carbocycles. The number of H-pyrrole nitrogens is 1. The number of aromatic amines is 1. The topological polar surface area (TPSA) is 88.1 Å². The molecule has 0 amide bonds. The van der Waals surface area contributed by atoms with E-state index >= 15 is 0 Å². The van der Waals surface area contributed by atoms with E-state index in [2.05, 4.69) is 27.3 Å². The molecular formula is C20H21N3O3. The quantitative estimate of drug-likeness (QED) is 0.572. The van der Waals surface area contributed by atoms with Crippen molar-refractivity contribution in [3.05, 3.63) is 66.0 Å². The third-order valence-electron chi connectivity index (χ3n) is 4.02. The maximum atomic E-state index is 10.5. The SMILES string of the molecule is O=C(O)CCCCc1cccc(COc2ccc(-c3ccn[nH]3)nc2)c1. The first-order valence-corrected chi connectivity index (χ1v) is 8.59. The zero-order valence-corrected chi connectivity index (χ0v) is 14.4. The summed E-state index contributed by atoms with van der Waals surface area (Å²) < 4.78 is 5.81. The maximum absolute atomic E-state index is 10.5. The number of carboxylic acid groups (broad SMARTS) is 1. The fourth-order valence-electron chi connectivity index (χ4n) is 2.67. The summed E-state index contributed by atoms with van der Waals surface area (Å²) in [5.41, 5.74) is 3.97. The molecule has 6 heteroatoms. The highest BCUT2D eigenvalue weighted by Gasteiger charge is 2.03. The Morgan fingerprint density at radius 2 is 2.00 bits per heavy atom. The summed E-state index contributed by atoms with van der Waals surface area (Å²) in [5, 5.41) is 15.5. The monoisotopic (exact) mass is 351 g/mol. The average Bonchev–Trinajstić information content (AvgIpc) is 3.19. The summed E-state index contributed by atoms with van der Waals surface area (Å²) in [6, 6.07) is 13.8. The van der Waals surface area contributed by atoms with Crippen molar-refractivity contribution >= 4 is 5.97 Å². The van der Waals surface area contributed by atoms with E-state index in [-0.39, 0.29) is 6.42 Å². The van der Waals surface area contributed by atoms with Gasteiger partial charge >= 0.3 is 5.97 Å². The van der Waals surface area contributed by atoms with E-state index in [4.69, 9.17) is 9.84 Å². The number of nitrogens with one attached hydrogen (secondary N) is 1. The van der Waals surface area contributed by atoms with E-state index in [1.807, 2.05) is 30.3 Å². The largest absolute Gasteiger partial charge is 0.487 e. The van der Waals surface area contributed by atoms with E-state index < -0.39 is 5.97 Å². The third-order valence-corrected chi connectivity index (χ3v) is 4.02. The summed E-state index contributed by atoms with van der Waals surface area (Å²) in [7, 11) is 0. The molecule has 3 rings (SSSR count). The molecule has 0 fully saturated rings. The third kappa shape index (κ3) is 5.17. The van der Waals surface area contributed by atoms with Crippen LogP contribution in [0.15, 0.2) is 54.9 Å². The minimum Gasteiger partial charge on any atom is -0.487 e. The van der Waals surface area contributed by atoms with E-state index in [0.29, 0.717) is 18.8 Å². The van der Waals surface area contributed by atoms with Gasteiger partial charge in [0.25, 0.3) is 0 Å². The smallest absolute Gasteiger partial charge is 0.303 e. The summed E-state index contributed by atoms with van der Waals surface area (Å²) in [5.74, 6) is -0.0283. The zero-order valence-electron chi connectivity index (χ0n) is 14.4. The number of pyridine rings is 1. The number of carboxylic acids is 1. The van der Waals surface area contributed by atoms with Gasteiger partial charge in [-0.1, -0.05) is 24.3 Å². The second kappa shape index (κ2) is 8.80. The van der Waals surface area contributed by atoms with Crippen LogP contribution in [-0.4, -0.2) is 26.3 Å². The van der Waals surface area contributed by atoms with Crippen LogP contribution in [0.1, 0.15) is 30.4 Å². The van der Waals surface area contributed by atoms with E-state index in [0.717, 1.165) is 29.8 Å². The molecule has 0 aliphatic heterocycles. The Kier molecular flexibility index (Phi) is 5.98. The van der Waals surface area contributed by atoms with Crippen LogP contribution < -0.4 is 4.74 Å². The van der Waals surface area contributed by atoms with Crippen molar-refractivity contribution in [2.24, 2.45) is 0 Å². The molecular weight excluding hydrogens is 330 g/mol. The van der Waals surface area contributed by atoms with Crippen molar-refractivity contribution in [2.75, 3.05) is 0 Å². The number of nitrogens with zero attached hydrogens (tertiary/aromatic N) is 2. The Hall–Kier alpha value is -3.15. The standard InChI is InChI=1S/C20H21N3O3/c24-20(25)7-2-1-4-15-5-3-6-16(12-15)14-26-17-8-9-18(21-13-17)19-10-11-22-23-19/h3,5-6,8-13H,1-2,4,7,14H2,(H,22,23)(H,24,25). The van der Waals surface area contributed by atoms with Gasteiger partial charge in [0.15, 0.2) is 0 Å². The van der Waals surface area contributed by atoms with Gasteiger partial charge in [-0.05, 0) is 48.6 Å². The first-order valence-electron chi connectivity index (χ1n) is 8.59. The van der Waals surface area contributed by atoms with Gasteiger partial charge in [-0.2, -0.15) is 5.10 Å². The number of rotatable bonds is 9. The van der Waals surface area contributed by atoms with Gasteiger partial charge < -0.3 is 9.84 Å². The molecule has 0 bridgehead atoms. The minimum absolute atomic E-state index is 0.227. The lowest BCUT2D eigenvalue weighted by Crippen LogP contribution is -1.98. The predicted octanol–water partition coefficient (Wildman–Crippen LogP) is 3.85. The van der Waals surface area contributed by atoms with Crippen molar-refractivity contribution in [3.8, 4) is 17.1 Å². The summed E-state index contributed by atoms with van der Waals surface area (Å²) >= 11 is 0. The molecule has 134 valence electrons. The summed E-state index contributed by atoms with van der Waals surface area (Å²) in [4.78, 5) is 14.9. The lowest BCUT2D eigenvalue weighted by Gasteiger charge is -2.08. The van der Waals surface area contributed by atoms with Crippen molar-refractivity contribution in [2.45, 2.75) is 32.3 Å². The van der Waals surface area contributed by atoms with Crippen molar-refractivity contribution < 1.29 is 14.6 Å².